The summed E-state index contributed by atoms with van der Waals surface area (Å²) in [6, 6.07) is 6.89. The maximum Gasteiger partial charge on any atom is 0.335 e. The highest BCUT2D eigenvalue weighted by Gasteiger charge is 2.24. The summed E-state index contributed by atoms with van der Waals surface area (Å²) >= 11 is 1.36. The molecule has 3 rings (SSSR count). The van der Waals surface area contributed by atoms with E-state index in [0.29, 0.717) is 23.3 Å². The lowest BCUT2D eigenvalue weighted by Gasteiger charge is -2.09. The molecule has 2 aromatic rings. The van der Waals surface area contributed by atoms with Gasteiger partial charge in [0.2, 0.25) is 5.16 Å². The number of thioether (sulfide) groups is 1. The van der Waals surface area contributed by atoms with Gasteiger partial charge in [0.15, 0.2) is 5.82 Å². The third-order valence-corrected chi connectivity index (χ3v) is 4.51. The van der Waals surface area contributed by atoms with Crippen molar-refractivity contribution >= 4 is 17.7 Å². The Morgan fingerprint density at radius 2 is 2.27 bits per heavy atom. The van der Waals surface area contributed by atoms with E-state index in [0.717, 1.165) is 18.4 Å². The minimum absolute atomic E-state index is 0.0989. The Morgan fingerprint density at radius 1 is 1.45 bits per heavy atom. The summed E-state index contributed by atoms with van der Waals surface area (Å²) in [5.74, 6) is 6.16. The monoisotopic (exact) mass is 320 g/mol. The molecule has 3 N–H and O–H groups in total. The van der Waals surface area contributed by atoms with Crippen LogP contribution in [0.15, 0.2) is 29.4 Å². The van der Waals surface area contributed by atoms with E-state index in [1.807, 2.05) is 6.07 Å². The number of carboxylic acid groups (broad SMARTS) is 1. The zero-order valence-corrected chi connectivity index (χ0v) is 12.6. The zero-order chi connectivity index (χ0) is 15.5. The molecule has 2 heterocycles. The van der Waals surface area contributed by atoms with Gasteiger partial charge < -0.3 is 15.7 Å². The molecule has 0 bridgehead atoms. The molecular weight excluding hydrogens is 304 g/mol. The van der Waals surface area contributed by atoms with Crippen LogP contribution in [0, 0.1) is 0 Å². The minimum atomic E-state index is -0.939. The van der Waals surface area contributed by atoms with E-state index in [1.54, 1.807) is 18.2 Å². The number of benzene rings is 1. The molecule has 1 saturated heterocycles. The lowest BCUT2D eigenvalue weighted by atomic mass is 10.1. The quantitative estimate of drug-likeness (QED) is 0.640. The van der Waals surface area contributed by atoms with E-state index in [-0.39, 0.29) is 11.7 Å². The van der Waals surface area contributed by atoms with Crippen molar-refractivity contribution in [2.75, 3.05) is 12.4 Å². The Kier molecular flexibility index (Phi) is 4.30. The number of nitrogens with zero attached hydrogens (tertiary/aromatic N) is 3. The van der Waals surface area contributed by atoms with Crippen molar-refractivity contribution in [3.8, 4) is 0 Å². The Bertz CT molecular complexity index is 682. The van der Waals surface area contributed by atoms with Crippen molar-refractivity contribution in [1.29, 1.82) is 0 Å². The van der Waals surface area contributed by atoms with Gasteiger partial charge in [-0.3, -0.25) is 0 Å². The summed E-state index contributed by atoms with van der Waals surface area (Å²) in [5, 5.41) is 17.9. The molecule has 1 aliphatic rings. The van der Waals surface area contributed by atoms with Gasteiger partial charge in [-0.2, -0.15) is 0 Å². The van der Waals surface area contributed by atoms with Crippen molar-refractivity contribution in [3.63, 3.8) is 0 Å². The normalized spacial score (nSPS) is 17.7. The number of aromatic carboxylic acids is 1. The Morgan fingerprint density at radius 3 is 3.00 bits per heavy atom. The average molecular weight is 320 g/mol. The minimum Gasteiger partial charge on any atom is -0.478 e. The summed E-state index contributed by atoms with van der Waals surface area (Å²) in [5.41, 5.74) is 1.01. The van der Waals surface area contributed by atoms with E-state index in [4.69, 9.17) is 10.6 Å². The van der Waals surface area contributed by atoms with E-state index < -0.39 is 5.97 Å². The molecule has 1 atom stereocenters. The Hall–Kier alpha value is -2.06. The molecule has 0 amide bonds. The van der Waals surface area contributed by atoms with Gasteiger partial charge in [-0.1, -0.05) is 30.0 Å². The summed E-state index contributed by atoms with van der Waals surface area (Å²) in [4.78, 5) is 11.2. The van der Waals surface area contributed by atoms with Gasteiger partial charge in [-0.15, -0.1) is 10.2 Å². The van der Waals surface area contributed by atoms with Crippen LogP contribution >= 0.6 is 11.8 Å². The molecular formula is C14H16N4O3S. The molecule has 8 heteroatoms. The summed E-state index contributed by atoms with van der Waals surface area (Å²) in [6.45, 7) is 0.714. The Labute approximate surface area is 131 Å². The fourth-order valence-electron chi connectivity index (χ4n) is 2.38. The Balaban J connectivity index is 1.73. The summed E-state index contributed by atoms with van der Waals surface area (Å²) < 4.78 is 6.99. The number of nitrogen functional groups attached to an aromatic ring is 1. The molecule has 0 radical (unpaired) electrons. The molecule has 22 heavy (non-hydrogen) atoms. The average Bonchev–Trinajstić information content (AvgIpc) is 3.15. The number of carbonyl (C=O) groups is 1. The maximum atomic E-state index is 11.2. The highest BCUT2D eigenvalue weighted by atomic mass is 32.2. The van der Waals surface area contributed by atoms with E-state index in [2.05, 4.69) is 10.2 Å². The molecule has 1 aromatic carbocycles. The number of hydrogen-bond donors (Lipinski definition) is 2. The predicted molar refractivity (Wildman–Crippen MR) is 81.1 cm³/mol. The van der Waals surface area contributed by atoms with Crippen LogP contribution in [0.5, 0.6) is 0 Å². The van der Waals surface area contributed by atoms with Crippen LogP contribution in [0.2, 0.25) is 0 Å². The first-order valence-corrected chi connectivity index (χ1v) is 7.91. The number of carboxylic acids is 1. The molecule has 1 aliphatic heterocycles. The standard InChI is InChI=1S/C14H16N4O3S/c15-18-12(11-6-3-7-21-11)16-17-14(18)22-8-9-4-1-2-5-10(9)13(19)20/h1-2,4-5,11H,3,6-8,15H2,(H,19,20). The molecule has 7 nitrogen and oxygen atoms in total. The third kappa shape index (κ3) is 2.93. The second kappa shape index (κ2) is 6.37. The summed E-state index contributed by atoms with van der Waals surface area (Å²) in [6.07, 6.45) is 1.78. The fraction of sp³-hybridized carbons (Fsp3) is 0.357. The van der Waals surface area contributed by atoms with Crippen LogP contribution < -0.4 is 5.84 Å². The number of rotatable bonds is 5. The van der Waals surface area contributed by atoms with Crippen molar-refractivity contribution in [3.05, 3.63) is 41.2 Å². The lowest BCUT2D eigenvalue weighted by molar-refractivity contribution is 0.0696. The maximum absolute atomic E-state index is 11.2. The zero-order valence-electron chi connectivity index (χ0n) is 11.8. The first-order valence-electron chi connectivity index (χ1n) is 6.93. The molecule has 0 saturated carbocycles. The topological polar surface area (TPSA) is 103 Å². The number of aromatic nitrogens is 3. The number of ether oxygens (including phenoxy) is 1. The lowest BCUT2D eigenvalue weighted by Crippen LogP contribution is -2.16. The van der Waals surface area contributed by atoms with E-state index >= 15 is 0 Å². The van der Waals surface area contributed by atoms with Crippen LogP contribution in [-0.2, 0) is 10.5 Å². The second-order valence-corrected chi connectivity index (χ2v) is 5.91. The van der Waals surface area contributed by atoms with Gasteiger partial charge in [0.25, 0.3) is 0 Å². The predicted octanol–water partition coefficient (Wildman–Crippen LogP) is 1.83. The number of hydrogen-bond acceptors (Lipinski definition) is 6. The third-order valence-electron chi connectivity index (χ3n) is 3.51. The van der Waals surface area contributed by atoms with Gasteiger partial charge in [-0.25, -0.2) is 9.47 Å². The van der Waals surface area contributed by atoms with Crippen LogP contribution in [0.4, 0.5) is 0 Å². The molecule has 0 spiro atoms. The largest absolute Gasteiger partial charge is 0.478 e. The SMILES string of the molecule is Nn1c(SCc2ccccc2C(=O)O)nnc1C1CCCO1. The second-order valence-electron chi connectivity index (χ2n) is 4.96. The molecule has 1 aromatic heterocycles. The van der Waals surface area contributed by atoms with Gasteiger partial charge in [0, 0.05) is 12.4 Å². The number of nitrogens with two attached hydrogens (primary N) is 1. The van der Waals surface area contributed by atoms with E-state index in [9.17, 15) is 9.90 Å². The highest BCUT2D eigenvalue weighted by molar-refractivity contribution is 7.98. The fourth-order valence-corrected chi connectivity index (χ4v) is 3.25. The van der Waals surface area contributed by atoms with Crippen LogP contribution in [0.25, 0.3) is 0 Å². The van der Waals surface area contributed by atoms with Crippen LogP contribution in [0.3, 0.4) is 0 Å². The summed E-state index contributed by atoms with van der Waals surface area (Å²) in [7, 11) is 0. The molecule has 1 unspecified atom stereocenters. The van der Waals surface area contributed by atoms with Gasteiger partial charge in [0.05, 0.1) is 5.56 Å². The molecule has 1 fully saturated rings. The van der Waals surface area contributed by atoms with Crippen LogP contribution in [-0.4, -0.2) is 32.6 Å². The molecule has 0 aliphatic carbocycles. The first-order chi connectivity index (χ1) is 10.7. The van der Waals surface area contributed by atoms with Crippen LogP contribution in [0.1, 0.15) is 40.7 Å². The smallest absolute Gasteiger partial charge is 0.335 e. The van der Waals surface area contributed by atoms with E-state index in [1.165, 1.54) is 16.4 Å². The van der Waals surface area contributed by atoms with Crippen molar-refractivity contribution in [2.45, 2.75) is 29.9 Å². The molecule has 116 valence electrons. The van der Waals surface area contributed by atoms with Gasteiger partial charge >= 0.3 is 5.97 Å². The van der Waals surface area contributed by atoms with Gasteiger partial charge in [0.1, 0.15) is 6.10 Å². The van der Waals surface area contributed by atoms with Gasteiger partial charge in [-0.05, 0) is 24.5 Å². The first kappa shape index (κ1) is 14.9. The van der Waals surface area contributed by atoms with Crippen molar-refractivity contribution < 1.29 is 14.6 Å². The van der Waals surface area contributed by atoms with Crippen molar-refractivity contribution in [2.24, 2.45) is 0 Å². The van der Waals surface area contributed by atoms with Crippen molar-refractivity contribution in [1.82, 2.24) is 14.9 Å². The highest BCUT2D eigenvalue weighted by Crippen LogP contribution is 2.29.